The quantitative estimate of drug-likeness (QED) is 0.542. The maximum atomic E-state index is 11.5. The lowest BCUT2D eigenvalue weighted by Gasteiger charge is -2.21. The van der Waals surface area contributed by atoms with Crippen molar-refractivity contribution in [3.8, 4) is 0 Å². The number of hydrogen-bond donors (Lipinski definition) is 2. The van der Waals surface area contributed by atoms with Crippen molar-refractivity contribution in [2.75, 3.05) is 6.54 Å². The van der Waals surface area contributed by atoms with Crippen LogP contribution in [-0.2, 0) is 14.4 Å². The van der Waals surface area contributed by atoms with Gasteiger partial charge in [0.2, 0.25) is 11.8 Å². The van der Waals surface area contributed by atoms with Crippen molar-refractivity contribution in [3.63, 3.8) is 0 Å². The highest BCUT2D eigenvalue weighted by molar-refractivity contribution is 6.22. The number of amides is 2. The summed E-state index contributed by atoms with van der Waals surface area (Å²) in [5.41, 5.74) is -0.430. The molecule has 1 atom stereocenters. The lowest BCUT2D eigenvalue weighted by Crippen LogP contribution is -2.47. The van der Waals surface area contributed by atoms with Crippen molar-refractivity contribution in [2.45, 2.75) is 26.3 Å². The Kier molecular flexibility index (Phi) is 2.59. The summed E-state index contributed by atoms with van der Waals surface area (Å²) >= 11 is 0. The monoisotopic (exact) mass is 198 g/mol. The summed E-state index contributed by atoms with van der Waals surface area (Å²) in [6, 6.07) is 0. The highest BCUT2D eigenvalue weighted by Crippen LogP contribution is 2.08. The van der Waals surface area contributed by atoms with Crippen LogP contribution in [0.1, 0.15) is 20.8 Å². The summed E-state index contributed by atoms with van der Waals surface area (Å²) in [6.07, 6.45) is 0. The van der Waals surface area contributed by atoms with Crippen LogP contribution < -0.4 is 10.6 Å². The number of Topliss-reactive ketones (excluding diaryl/α,β-unsaturated/α-hetero) is 1. The van der Waals surface area contributed by atoms with Crippen molar-refractivity contribution < 1.29 is 14.4 Å². The van der Waals surface area contributed by atoms with Crippen molar-refractivity contribution in [1.82, 2.24) is 10.6 Å². The van der Waals surface area contributed by atoms with Crippen LogP contribution in [-0.4, -0.2) is 29.7 Å². The molecule has 1 fully saturated rings. The highest BCUT2D eigenvalue weighted by atomic mass is 16.2. The summed E-state index contributed by atoms with van der Waals surface area (Å²) in [6.45, 7) is 5.34. The van der Waals surface area contributed by atoms with Gasteiger partial charge in [-0.2, -0.15) is 0 Å². The largest absolute Gasteiger partial charge is 0.350 e. The van der Waals surface area contributed by atoms with Crippen LogP contribution in [0.5, 0.6) is 0 Å². The summed E-state index contributed by atoms with van der Waals surface area (Å²) in [7, 11) is 0. The van der Waals surface area contributed by atoms with Gasteiger partial charge in [0.1, 0.15) is 0 Å². The predicted molar refractivity (Wildman–Crippen MR) is 49.4 cm³/mol. The van der Waals surface area contributed by atoms with Crippen LogP contribution >= 0.6 is 0 Å². The summed E-state index contributed by atoms with van der Waals surface area (Å²) in [4.78, 5) is 33.8. The van der Waals surface area contributed by atoms with E-state index >= 15 is 0 Å². The second-order valence-corrected chi connectivity index (χ2v) is 4.36. The Morgan fingerprint density at radius 3 is 2.36 bits per heavy atom. The normalized spacial score (nSPS) is 22.1. The number of hydrogen-bond acceptors (Lipinski definition) is 3. The van der Waals surface area contributed by atoms with Gasteiger partial charge < -0.3 is 10.6 Å². The average Bonchev–Trinajstić information content (AvgIpc) is 2.27. The minimum atomic E-state index is -1.16. The van der Waals surface area contributed by atoms with Crippen LogP contribution in [0.4, 0.5) is 0 Å². The average molecular weight is 198 g/mol. The first kappa shape index (κ1) is 10.7. The number of carbonyl (C=O) groups is 3. The maximum absolute atomic E-state index is 11.5. The molecular weight excluding hydrogens is 184 g/mol. The van der Waals surface area contributed by atoms with Crippen LogP contribution in [0.2, 0.25) is 0 Å². The first-order valence-corrected chi connectivity index (χ1v) is 4.44. The fourth-order valence-corrected chi connectivity index (χ4v) is 1.23. The molecule has 1 aliphatic rings. The highest BCUT2D eigenvalue weighted by Gasteiger charge is 2.39. The fraction of sp³-hybridized carbons (Fsp3) is 0.667. The standard InChI is InChI=1S/C9H14N2O3/c1-9(2,3)11-8(14)6-5(12)4-10-7(6)13/h6H,4H2,1-3H3,(H,10,13)(H,11,14)/t6-/m1/s1. The van der Waals surface area contributed by atoms with Gasteiger partial charge >= 0.3 is 0 Å². The summed E-state index contributed by atoms with van der Waals surface area (Å²) < 4.78 is 0. The van der Waals surface area contributed by atoms with Gasteiger partial charge in [-0.15, -0.1) is 0 Å². The minimum Gasteiger partial charge on any atom is -0.350 e. The van der Waals surface area contributed by atoms with Crippen molar-refractivity contribution >= 4 is 17.6 Å². The van der Waals surface area contributed by atoms with Crippen LogP contribution in [0.3, 0.4) is 0 Å². The molecule has 78 valence electrons. The molecule has 0 aliphatic carbocycles. The third-order valence-corrected chi connectivity index (χ3v) is 1.78. The molecule has 14 heavy (non-hydrogen) atoms. The van der Waals surface area contributed by atoms with E-state index in [4.69, 9.17) is 0 Å². The van der Waals surface area contributed by atoms with E-state index in [1.165, 1.54) is 0 Å². The summed E-state index contributed by atoms with van der Waals surface area (Å²) in [5, 5.41) is 4.94. The van der Waals surface area contributed by atoms with Gasteiger partial charge in [-0.25, -0.2) is 0 Å². The smallest absolute Gasteiger partial charge is 0.240 e. The van der Waals surface area contributed by atoms with Crippen LogP contribution in [0.15, 0.2) is 0 Å². The van der Waals surface area contributed by atoms with E-state index in [0.717, 1.165) is 0 Å². The molecule has 2 amide bonds. The lowest BCUT2D eigenvalue weighted by atomic mass is 10.0. The Labute approximate surface area is 82.2 Å². The van der Waals surface area contributed by atoms with Crippen molar-refractivity contribution in [3.05, 3.63) is 0 Å². The van der Waals surface area contributed by atoms with Gasteiger partial charge in [-0.3, -0.25) is 14.4 Å². The van der Waals surface area contributed by atoms with E-state index in [9.17, 15) is 14.4 Å². The zero-order chi connectivity index (χ0) is 10.9. The Balaban J connectivity index is 2.70. The summed E-state index contributed by atoms with van der Waals surface area (Å²) in [5.74, 6) is -2.54. The molecule has 0 aromatic rings. The molecule has 2 N–H and O–H groups in total. The number of nitrogens with one attached hydrogen (secondary N) is 2. The number of ketones is 1. The number of rotatable bonds is 1. The van der Waals surface area contributed by atoms with E-state index < -0.39 is 23.3 Å². The minimum absolute atomic E-state index is 0.0406. The molecule has 1 rings (SSSR count). The van der Waals surface area contributed by atoms with E-state index in [1.54, 1.807) is 20.8 Å². The zero-order valence-corrected chi connectivity index (χ0v) is 8.51. The Hall–Kier alpha value is -1.39. The third kappa shape index (κ3) is 2.31. The number of carbonyl (C=O) groups excluding carboxylic acids is 3. The fourth-order valence-electron chi connectivity index (χ4n) is 1.23. The molecule has 0 unspecified atom stereocenters. The molecule has 0 radical (unpaired) electrons. The van der Waals surface area contributed by atoms with Gasteiger partial charge in [0.05, 0.1) is 6.54 Å². The van der Waals surface area contributed by atoms with Gasteiger partial charge in [0, 0.05) is 5.54 Å². The van der Waals surface area contributed by atoms with E-state index in [1.807, 2.05) is 0 Å². The van der Waals surface area contributed by atoms with Gasteiger partial charge in [-0.1, -0.05) is 0 Å². The van der Waals surface area contributed by atoms with Gasteiger partial charge in [0.15, 0.2) is 11.7 Å². The first-order chi connectivity index (χ1) is 6.31. The lowest BCUT2D eigenvalue weighted by molar-refractivity contribution is -0.138. The molecule has 1 saturated heterocycles. The molecule has 1 heterocycles. The van der Waals surface area contributed by atoms with Crippen molar-refractivity contribution in [2.24, 2.45) is 5.92 Å². The molecule has 0 spiro atoms. The predicted octanol–water partition coefficient (Wildman–Crippen LogP) is -0.784. The molecular formula is C9H14N2O3. The topological polar surface area (TPSA) is 75.3 Å². The van der Waals surface area contributed by atoms with Gasteiger partial charge in [0.25, 0.3) is 0 Å². The molecule has 0 saturated carbocycles. The molecule has 1 aliphatic heterocycles. The van der Waals surface area contributed by atoms with Gasteiger partial charge in [-0.05, 0) is 20.8 Å². The Morgan fingerprint density at radius 2 is 2.00 bits per heavy atom. The Bertz CT molecular complexity index is 275. The molecule has 5 nitrogen and oxygen atoms in total. The Morgan fingerprint density at radius 1 is 1.43 bits per heavy atom. The maximum Gasteiger partial charge on any atom is 0.240 e. The van der Waals surface area contributed by atoms with Crippen molar-refractivity contribution in [1.29, 1.82) is 0 Å². The molecule has 5 heteroatoms. The van der Waals surface area contributed by atoms with Crippen LogP contribution in [0.25, 0.3) is 0 Å². The zero-order valence-electron chi connectivity index (χ0n) is 8.51. The first-order valence-electron chi connectivity index (χ1n) is 4.44. The SMILES string of the molecule is CC(C)(C)NC(=O)[C@@H]1C(=O)CNC1=O. The molecule has 0 bridgehead atoms. The van der Waals surface area contributed by atoms with Crippen LogP contribution in [0, 0.1) is 5.92 Å². The molecule has 0 aromatic carbocycles. The molecule has 0 aromatic heterocycles. The van der Waals surface area contributed by atoms with E-state index in [-0.39, 0.29) is 12.3 Å². The second-order valence-electron chi connectivity index (χ2n) is 4.36. The third-order valence-electron chi connectivity index (χ3n) is 1.78. The second kappa shape index (κ2) is 3.40. The van der Waals surface area contributed by atoms with E-state index in [2.05, 4.69) is 10.6 Å². The van der Waals surface area contributed by atoms with E-state index in [0.29, 0.717) is 0 Å².